The Morgan fingerprint density at radius 3 is 2.39 bits per heavy atom. The number of nitrogen functional groups attached to an aromatic ring is 1. The normalized spacial score (nSPS) is 11.4. The zero-order chi connectivity index (χ0) is 23.0. The van der Waals surface area contributed by atoms with Gasteiger partial charge < -0.3 is 11.1 Å². The van der Waals surface area contributed by atoms with Gasteiger partial charge in [-0.25, -0.2) is 0 Å². The summed E-state index contributed by atoms with van der Waals surface area (Å²) in [6.07, 6.45) is 3.57. The molecule has 0 fully saturated rings. The van der Waals surface area contributed by atoms with E-state index < -0.39 is 5.41 Å². The lowest BCUT2D eigenvalue weighted by Crippen LogP contribution is -2.13. The van der Waals surface area contributed by atoms with Crippen LogP contribution in [0.5, 0.6) is 0 Å². The van der Waals surface area contributed by atoms with Crippen molar-refractivity contribution < 1.29 is 0 Å². The second-order valence-electron chi connectivity index (χ2n) is 8.68. The predicted molar refractivity (Wildman–Crippen MR) is 135 cm³/mol. The molecule has 160 valence electrons. The molecule has 0 atom stereocenters. The minimum absolute atomic E-state index is 0.538. The van der Waals surface area contributed by atoms with Gasteiger partial charge in [-0.3, -0.25) is 9.97 Å². The fourth-order valence-electron chi connectivity index (χ4n) is 3.94. The van der Waals surface area contributed by atoms with E-state index in [0.717, 1.165) is 49.9 Å². The van der Waals surface area contributed by atoms with Crippen LogP contribution in [0.1, 0.15) is 19.4 Å². The lowest BCUT2D eigenvalue weighted by molar-refractivity contribution is 0.687. The summed E-state index contributed by atoms with van der Waals surface area (Å²) >= 11 is 0. The fourth-order valence-corrected chi connectivity index (χ4v) is 3.94. The second-order valence-corrected chi connectivity index (χ2v) is 8.68. The number of benzene rings is 3. The minimum atomic E-state index is -0.538. The van der Waals surface area contributed by atoms with E-state index in [9.17, 15) is 5.26 Å². The molecule has 0 bridgehead atoms. The van der Waals surface area contributed by atoms with Crippen LogP contribution in [0.2, 0.25) is 0 Å². The maximum absolute atomic E-state index is 9.39. The number of rotatable bonds is 4. The molecule has 0 spiro atoms. The Labute approximate surface area is 192 Å². The van der Waals surface area contributed by atoms with Gasteiger partial charge >= 0.3 is 0 Å². The van der Waals surface area contributed by atoms with Gasteiger partial charge in [0.2, 0.25) is 0 Å². The van der Waals surface area contributed by atoms with Crippen LogP contribution in [0.4, 0.5) is 17.1 Å². The van der Waals surface area contributed by atoms with Gasteiger partial charge in [-0.1, -0.05) is 36.4 Å². The second kappa shape index (κ2) is 7.92. The van der Waals surface area contributed by atoms with Gasteiger partial charge in [0.25, 0.3) is 0 Å². The summed E-state index contributed by atoms with van der Waals surface area (Å²) < 4.78 is 0. The van der Waals surface area contributed by atoms with Crippen molar-refractivity contribution in [1.82, 2.24) is 9.97 Å². The largest absolute Gasteiger partial charge is 0.396 e. The lowest BCUT2D eigenvalue weighted by Gasteiger charge is -2.17. The predicted octanol–water partition coefficient (Wildman–Crippen LogP) is 6.58. The number of nitrogens with zero attached hydrogens (tertiary/aromatic N) is 3. The van der Waals surface area contributed by atoms with Gasteiger partial charge in [0.1, 0.15) is 0 Å². The zero-order valence-electron chi connectivity index (χ0n) is 18.5. The molecule has 5 nitrogen and oxygen atoms in total. The molecule has 0 unspecified atom stereocenters. The number of pyridine rings is 2. The van der Waals surface area contributed by atoms with Crippen molar-refractivity contribution >= 4 is 38.9 Å². The number of para-hydroxylation sites is 1. The molecule has 0 aliphatic rings. The van der Waals surface area contributed by atoms with Crippen LogP contribution in [0.15, 0.2) is 85.2 Å². The molecule has 2 heterocycles. The summed E-state index contributed by atoms with van der Waals surface area (Å²) in [6.45, 7) is 3.82. The number of nitriles is 1. The average Bonchev–Trinajstić information content (AvgIpc) is 2.85. The van der Waals surface area contributed by atoms with Crippen molar-refractivity contribution in [1.29, 1.82) is 5.26 Å². The van der Waals surface area contributed by atoms with Gasteiger partial charge in [-0.2, -0.15) is 5.26 Å². The van der Waals surface area contributed by atoms with Gasteiger partial charge in [0.05, 0.1) is 40.1 Å². The molecule has 3 aromatic carbocycles. The summed E-state index contributed by atoms with van der Waals surface area (Å²) in [5.74, 6) is 0. The highest BCUT2D eigenvalue weighted by Gasteiger charge is 2.19. The standard InChI is InChI=1S/C28H23N5/c1-28(2,17-29)21-8-10-22(11-9-21)33-27-23-14-18(7-12-26(23)32-16-24(27)30)20-13-19-5-3-4-6-25(19)31-15-20/h3-16H,30H2,1-2H3,(H,32,33). The molecule has 5 heteroatoms. The zero-order valence-corrected chi connectivity index (χ0v) is 18.5. The Morgan fingerprint density at radius 1 is 0.848 bits per heavy atom. The van der Waals surface area contributed by atoms with E-state index in [-0.39, 0.29) is 0 Å². The van der Waals surface area contributed by atoms with E-state index >= 15 is 0 Å². The monoisotopic (exact) mass is 429 g/mol. The van der Waals surface area contributed by atoms with Gasteiger partial charge in [-0.15, -0.1) is 0 Å². The number of fused-ring (bicyclic) bond motifs is 2. The number of nitrogens with two attached hydrogens (primary N) is 1. The quantitative estimate of drug-likeness (QED) is 0.337. The Kier molecular flexibility index (Phi) is 4.91. The highest BCUT2D eigenvalue weighted by atomic mass is 14.9. The Balaban J connectivity index is 1.56. The third-order valence-corrected chi connectivity index (χ3v) is 5.98. The van der Waals surface area contributed by atoms with Gasteiger partial charge in [0, 0.05) is 28.2 Å². The van der Waals surface area contributed by atoms with Crippen molar-refractivity contribution in [2.24, 2.45) is 0 Å². The van der Waals surface area contributed by atoms with E-state index in [1.54, 1.807) is 6.20 Å². The first-order valence-electron chi connectivity index (χ1n) is 10.8. The number of nitrogens with one attached hydrogen (secondary N) is 1. The van der Waals surface area contributed by atoms with Crippen LogP contribution in [0.25, 0.3) is 32.9 Å². The highest BCUT2D eigenvalue weighted by molar-refractivity contribution is 6.01. The van der Waals surface area contributed by atoms with Gasteiger partial charge in [0.15, 0.2) is 0 Å². The summed E-state index contributed by atoms with van der Waals surface area (Å²) in [4.78, 5) is 9.11. The molecule has 0 radical (unpaired) electrons. The van der Waals surface area contributed by atoms with E-state index in [0.29, 0.717) is 5.69 Å². The Bertz CT molecular complexity index is 1530. The summed E-state index contributed by atoms with van der Waals surface area (Å²) in [6, 6.07) is 26.6. The van der Waals surface area contributed by atoms with Gasteiger partial charge in [-0.05, 0) is 61.4 Å². The lowest BCUT2D eigenvalue weighted by atomic mass is 9.86. The molecule has 2 aromatic heterocycles. The molecule has 5 aromatic rings. The molecule has 0 saturated carbocycles. The fraction of sp³-hybridized carbons (Fsp3) is 0.107. The van der Waals surface area contributed by atoms with E-state index in [1.165, 1.54) is 0 Å². The van der Waals surface area contributed by atoms with Crippen LogP contribution in [-0.2, 0) is 5.41 Å². The SMILES string of the molecule is CC(C)(C#N)c1ccc(Nc2c(N)cnc3ccc(-c4cnc5ccccc5c4)cc23)cc1. The number of anilines is 3. The van der Waals surface area contributed by atoms with Crippen LogP contribution >= 0.6 is 0 Å². The summed E-state index contributed by atoms with van der Waals surface area (Å²) in [5, 5.41) is 14.9. The first-order chi connectivity index (χ1) is 15.9. The molecular formula is C28H23N5. The Hall–Kier alpha value is -4.43. The van der Waals surface area contributed by atoms with Crippen molar-refractivity contribution in [3.8, 4) is 17.2 Å². The van der Waals surface area contributed by atoms with E-state index in [2.05, 4.69) is 45.6 Å². The minimum Gasteiger partial charge on any atom is -0.396 e. The van der Waals surface area contributed by atoms with Crippen molar-refractivity contribution in [3.05, 3.63) is 90.8 Å². The molecular weight excluding hydrogens is 406 g/mol. The van der Waals surface area contributed by atoms with Crippen LogP contribution in [0, 0.1) is 11.3 Å². The molecule has 0 amide bonds. The topological polar surface area (TPSA) is 87.6 Å². The first kappa shape index (κ1) is 20.5. The maximum atomic E-state index is 9.39. The average molecular weight is 430 g/mol. The molecule has 0 aliphatic heterocycles. The third kappa shape index (κ3) is 3.83. The summed E-state index contributed by atoms with van der Waals surface area (Å²) in [5.41, 5.74) is 12.9. The molecule has 33 heavy (non-hydrogen) atoms. The number of hydrogen-bond donors (Lipinski definition) is 2. The molecule has 5 rings (SSSR count). The van der Waals surface area contributed by atoms with Crippen molar-refractivity contribution in [2.75, 3.05) is 11.1 Å². The van der Waals surface area contributed by atoms with Crippen LogP contribution in [-0.4, -0.2) is 9.97 Å². The smallest absolute Gasteiger partial charge is 0.0766 e. The number of aromatic nitrogens is 2. The van der Waals surface area contributed by atoms with Crippen LogP contribution < -0.4 is 11.1 Å². The van der Waals surface area contributed by atoms with E-state index in [1.807, 2.05) is 68.6 Å². The summed E-state index contributed by atoms with van der Waals surface area (Å²) in [7, 11) is 0. The third-order valence-electron chi connectivity index (χ3n) is 5.98. The van der Waals surface area contributed by atoms with E-state index in [4.69, 9.17) is 5.73 Å². The molecule has 3 N–H and O–H groups in total. The van der Waals surface area contributed by atoms with Crippen molar-refractivity contribution in [3.63, 3.8) is 0 Å². The number of hydrogen-bond acceptors (Lipinski definition) is 5. The molecule has 0 aliphatic carbocycles. The van der Waals surface area contributed by atoms with Crippen LogP contribution in [0.3, 0.4) is 0 Å². The Morgan fingerprint density at radius 2 is 1.61 bits per heavy atom. The van der Waals surface area contributed by atoms with Crippen molar-refractivity contribution in [2.45, 2.75) is 19.3 Å². The first-order valence-corrected chi connectivity index (χ1v) is 10.8. The highest BCUT2D eigenvalue weighted by Crippen LogP contribution is 2.34. The maximum Gasteiger partial charge on any atom is 0.0766 e. The molecule has 0 saturated heterocycles.